The highest BCUT2D eigenvalue weighted by Crippen LogP contribution is 2.43. The zero-order chi connectivity index (χ0) is 54.9. The number of allylic oxidation sites excluding steroid dienone is 11. The number of hydrogen-bond acceptors (Lipinski definition) is 5. The summed E-state index contributed by atoms with van der Waals surface area (Å²) in [6, 6.07) is -0.872. The van der Waals surface area contributed by atoms with Gasteiger partial charge in [-0.05, 0) is 83.5 Å². The Kier molecular flexibility index (Phi) is 55.1. The fourth-order valence-corrected chi connectivity index (χ4v) is 9.88. The highest BCUT2D eigenvalue weighted by Gasteiger charge is 2.27. The average Bonchev–Trinajstić information content (AvgIpc) is 3.37. The third-order valence-corrected chi connectivity index (χ3v) is 15.1. The second-order valence-electron chi connectivity index (χ2n) is 22.8. The predicted octanol–water partition coefficient (Wildman–Crippen LogP) is 19.8. The van der Waals surface area contributed by atoms with Gasteiger partial charge in [-0.25, -0.2) is 4.57 Å². The van der Waals surface area contributed by atoms with Crippen LogP contribution in [0.25, 0.3) is 0 Å². The van der Waals surface area contributed by atoms with Gasteiger partial charge in [0.15, 0.2) is 0 Å². The standard InChI is InChI=1S/C66H123N2O6P/c1-6-8-10-12-14-16-18-20-22-24-26-27-28-29-30-31-32-33-34-35-36-37-38-39-40-41-42-44-46-48-50-52-54-56-58-60-66(70)67-64(63-74-75(71,72)73-62-61-68(3,4)5)65(69)59-57-55-53-51-49-47-45-43-25-23-21-19-17-15-13-11-9-7-2/h18,20,24-26,28-29,43,49,51,57,59,64-65,69H,6-17,19,21-23,27,30-42,44-48,50,52-56,58,60-63H2,1-5H3,(H-,67,70,71,72)/p+1/b20-18-,26-24-,29-28-,43-25+,51-49+,59-57+. The number of phosphoric ester groups is 1. The summed E-state index contributed by atoms with van der Waals surface area (Å²) >= 11 is 0. The largest absolute Gasteiger partial charge is 0.472 e. The molecule has 0 bridgehead atoms. The molecule has 0 aromatic heterocycles. The maximum atomic E-state index is 13.0. The number of rotatable bonds is 58. The lowest BCUT2D eigenvalue weighted by atomic mass is 10.0. The molecule has 0 spiro atoms. The molecule has 0 saturated heterocycles. The van der Waals surface area contributed by atoms with E-state index in [0.29, 0.717) is 17.4 Å². The summed E-state index contributed by atoms with van der Waals surface area (Å²) in [4.78, 5) is 23.3. The monoisotopic (exact) mass is 1070 g/mol. The molecular formula is C66H124N2O6P+. The van der Waals surface area contributed by atoms with Gasteiger partial charge in [-0.1, -0.05) is 273 Å². The quantitative estimate of drug-likeness (QED) is 0.0243. The van der Waals surface area contributed by atoms with Gasteiger partial charge >= 0.3 is 7.82 Å². The number of phosphoric acid groups is 1. The van der Waals surface area contributed by atoms with Crippen molar-refractivity contribution in [1.29, 1.82) is 0 Å². The van der Waals surface area contributed by atoms with Gasteiger partial charge < -0.3 is 19.8 Å². The Morgan fingerprint density at radius 2 is 0.773 bits per heavy atom. The summed E-state index contributed by atoms with van der Waals surface area (Å²) in [7, 11) is 1.55. The van der Waals surface area contributed by atoms with Crippen LogP contribution in [-0.2, 0) is 18.4 Å². The van der Waals surface area contributed by atoms with Gasteiger partial charge in [0.1, 0.15) is 13.2 Å². The Balaban J connectivity index is 4.07. The minimum Gasteiger partial charge on any atom is -0.387 e. The van der Waals surface area contributed by atoms with Crippen LogP contribution in [0.15, 0.2) is 72.9 Å². The molecule has 0 radical (unpaired) electrons. The molecule has 0 aliphatic heterocycles. The number of aliphatic hydroxyl groups is 1. The molecule has 0 aromatic rings. The topological polar surface area (TPSA) is 105 Å². The van der Waals surface area contributed by atoms with E-state index >= 15 is 0 Å². The number of nitrogens with one attached hydrogen (secondary N) is 1. The number of carbonyl (C=O) groups excluding carboxylic acids is 1. The zero-order valence-corrected chi connectivity index (χ0v) is 50.9. The Labute approximate surface area is 465 Å². The molecule has 3 unspecified atom stereocenters. The lowest BCUT2D eigenvalue weighted by Gasteiger charge is -2.25. The molecule has 75 heavy (non-hydrogen) atoms. The lowest BCUT2D eigenvalue weighted by molar-refractivity contribution is -0.870. The smallest absolute Gasteiger partial charge is 0.387 e. The Morgan fingerprint density at radius 1 is 0.453 bits per heavy atom. The molecule has 0 heterocycles. The van der Waals surface area contributed by atoms with Gasteiger partial charge in [0, 0.05) is 6.42 Å². The molecule has 0 aromatic carbocycles. The maximum Gasteiger partial charge on any atom is 0.472 e. The van der Waals surface area contributed by atoms with E-state index in [2.05, 4.69) is 79.9 Å². The molecule has 3 atom stereocenters. The minimum absolute atomic E-state index is 0.0526. The summed E-state index contributed by atoms with van der Waals surface area (Å²) in [5.74, 6) is -0.189. The first kappa shape index (κ1) is 72.9. The van der Waals surface area contributed by atoms with Gasteiger partial charge in [-0.3, -0.25) is 13.8 Å². The third kappa shape index (κ3) is 59.4. The Bertz CT molecular complexity index is 1450. The van der Waals surface area contributed by atoms with Crippen LogP contribution in [0, 0.1) is 0 Å². The van der Waals surface area contributed by atoms with E-state index in [1.54, 1.807) is 6.08 Å². The van der Waals surface area contributed by atoms with Crippen molar-refractivity contribution in [3.63, 3.8) is 0 Å². The molecule has 3 N–H and O–H groups in total. The van der Waals surface area contributed by atoms with Gasteiger partial charge in [-0.2, -0.15) is 0 Å². The van der Waals surface area contributed by atoms with Crippen molar-refractivity contribution in [2.24, 2.45) is 0 Å². The number of unbranched alkanes of at least 4 members (excludes halogenated alkanes) is 35. The van der Waals surface area contributed by atoms with E-state index < -0.39 is 20.0 Å². The summed E-state index contributed by atoms with van der Waals surface area (Å²) in [5.41, 5.74) is 0. The van der Waals surface area contributed by atoms with Crippen molar-refractivity contribution in [2.45, 2.75) is 302 Å². The van der Waals surface area contributed by atoms with E-state index in [-0.39, 0.29) is 19.1 Å². The first-order chi connectivity index (χ1) is 36.5. The first-order valence-corrected chi connectivity index (χ1v) is 33.3. The van der Waals surface area contributed by atoms with Crippen LogP contribution in [-0.4, -0.2) is 73.4 Å². The van der Waals surface area contributed by atoms with Crippen molar-refractivity contribution in [2.75, 3.05) is 40.9 Å². The van der Waals surface area contributed by atoms with Gasteiger partial charge in [0.2, 0.25) is 5.91 Å². The molecule has 9 heteroatoms. The molecule has 0 saturated carbocycles. The Hall–Kier alpha value is -2.06. The second-order valence-corrected chi connectivity index (χ2v) is 24.2. The van der Waals surface area contributed by atoms with E-state index in [4.69, 9.17) is 9.05 Å². The van der Waals surface area contributed by atoms with Gasteiger partial charge in [0.05, 0.1) is 39.9 Å². The van der Waals surface area contributed by atoms with Crippen molar-refractivity contribution in [3.8, 4) is 0 Å². The first-order valence-electron chi connectivity index (χ1n) is 31.8. The van der Waals surface area contributed by atoms with Crippen LogP contribution < -0.4 is 5.32 Å². The zero-order valence-electron chi connectivity index (χ0n) is 50.0. The van der Waals surface area contributed by atoms with E-state index in [1.807, 2.05) is 27.2 Å². The lowest BCUT2D eigenvalue weighted by Crippen LogP contribution is -2.45. The molecule has 1 amide bonds. The minimum atomic E-state index is -4.36. The van der Waals surface area contributed by atoms with Crippen molar-refractivity contribution < 1.29 is 32.9 Å². The molecule has 0 fully saturated rings. The van der Waals surface area contributed by atoms with Crippen LogP contribution >= 0.6 is 7.82 Å². The molecule has 0 rings (SSSR count). The fraction of sp³-hybridized carbons (Fsp3) is 0.803. The number of quaternary nitrogens is 1. The second kappa shape index (κ2) is 56.7. The van der Waals surface area contributed by atoms with Crippen LogP contribution in [0.2, 0.25) is 0 Å². The molecule has 0 aliphatic carbocycles. The third-order valence-electron chi connectivity index (χ3n) is 14.1. The number of nitrogens with zero attached hydrogens (tertiary/aromatic N) is 1. The number of aliphatic hydroxyl groups excluding tert-OH is 1. The van der Waals surface area contributed by atoms with Gasteiger partial charge in [0.25, 0.3) is 0 Å². The van der Waals surface area contributed by atoms with E-state index in [1.165, 1.54) is 212 Å². The van der Waals surface area contributed by atoms with Crippen LogP contribution in [0.4, 0.5) is 0 Å². The van der Waals surface area contributed by atoms with Gasteiger partial charge in [-0.15, -0.1) is 0 Å². The molecule has 438 valence electrons. The maximum absolute atomic E-state index is 13.0. The summed E-state index contributed by atoms with van der Waals surface area (Å²) < 4.78 is 23.7. The number of amides is 1. The van der Waals surface area contributed by atoms with E-state index in [9.17, 15) is 19.4 Å². The number of carbonyl (C=O) groups is 1. The van der Waals surface area contributed by atoms with Crippen molar-refractivity contribution >= 4 is 13.7 Å². The summed E-state index contributed by atoms with van der Waals surface area (Å²) in [6.45, 7) is 4.79. The van der Waals surface area contributed by atoms with Crippen molar-refractivity contribution in [1.82, 2.24) is 5.32 Å². The normalized spacial score (nSPS) is 14.3. The fourth-order valence-electron chi connectivity index (χ4n) is 9.14. The highest BCUT2D eigenvalue weighted by molar-refractivity contribution is 7.47. The molecular weight excluding hydrogens is 948 g/mol. The number of likely N-dealkylation sites (N-methyl/N-ethyl adjacent to an activating group) is 1. The average molecular weight is 1070 g/mol. The predicted molar refractivity (Wildman–Crippen MR) is 327 cm³/mol. The molecule has 0 aliphatic rings. The number of hydrogen-bond donors (Lipinski definition) is 3. The van der Waals surface area contributed by atoms with E-state index in [0.717, 1.165) is 57.8 Å². The van der Waals surface area contributed by atoms with Crippen LogP contribution in [0.3, 0.4) is 0 Å². The van der Waals surface area contributed by atoms with Crippen LogP contribution in [0.1, 0.15) is 290 Å². The SMILES string of the molecule is CCCCCCC/C=C\C/C=C\C/C=C\CCCCCCCCCCCCCCCCCCCCCCC(=O)NC(COP(=O)(O)OCC[N+](C)(C)C)C(O)/C=C/CC/C=C/CC/C=C/CCCCCCCCCC. The Morgan fingerprint density at radius 3 is 1.16 bits per heavy atom. The summed E-state index contributed by atoms with van der Waals surface area (Å²) in [6.07, 6.45) is 78.9. The van der Waals surface area contributed by atoms with Crippen molar-refractivity contribution in [3.05, 3.63) is 72.9 Å². The molecule has 8 nitrogen and oxygen atoms in total. The highest BCUT2D eigenvalue weighted by atomic mass is 31.2. The summed E-state index contributed by atoms with van der Waals surface area (Å²) in [5, 5.41) is 13.9. The van der Waals surface area contributed by atoms with Crippen LogP contribution in [0.5, 0.6) is 0 Å².